The molecule has 2 nitrogen and oxygen atoms in total. The molecule has 1 unspecified atom stereocenters. The number of nitrogen functional groups attached to an aromatic ring is 1. The predicted molar refractivity (Wildman–Crippen MR) is 84.1 cm³/mol. The van der Waals surface area contributed by atoms with Gasteiger partial charge < -0.3 is 10.6 Å². The topological polar surface area (TPSA) is 29.3 Å². The SMILES string of the molecule is CC(c1ccccc1Cl)N(C)c1cc(Cl)c(F)cc1N. The van der Waals surface area contributed by atoms with Gasteiger partial charge in [0.05, 0.1) is 22.4 Å². The zero-order chi connectivity index (χ0) is 14.9. The normalized spacial score (nSPS) is 12.2. The van der Waals surface area contributed by atoms with Gasteiger partial charge in [-0.3, -0.25) is 0 Å². The van der Waals surface area contributed by atoms with E-state index in [2.05, 4.69) is 0 Å². The molecule has 2 rings (SSSR count). The Bertz CT molecular complexity index is 631. The van der Waals surface area contributed by atoms with Crippen LogP contribution in [0.3, 0.4) is 0 Å². The number of benzene rings is 2. The van der Waals surface area contributed by atoms with E-state index < -0.39 is 5.82 Å². The molecule has 0 aliphatic rings. The summed E-state index contributed by atoms with van der Waals surface area (Å²) in [6.45, 7) is 2.00. The van der Waals surface area contributed by atoms with E-state index in [-0.39, 0.29) is 11.1 Å². The maximum Gasteiger partial charge on any atom is 0.143 e. The van der Waals surface area contributed by atoms with Gasteiger partial charge >= 0.3 is 0 Å². The highest BCUT2D eigenvalue weighted by Crippen LogP contribution is 2.35. The molecule has 0 saturated carbocycles. The maximum atomic E-state index is 13.4. The fraction of sp³-hybridized carbons (Fsp3) is 0.200. The first kappa shape index (κ1) is 14.9. The van der Waals surface area contributed by atoms with Gasteiger partial charge in [0.2, 0.25) is 0 Å². The van der Waals surface area contributed by atoms with Crippen molar-refractivity contribution >= 4 is 34.6 Å². The average molecular weight is 313 g/mol. The predicted octanol–water partition coefficient (Wildman–Crippen LogP) is 4.91. The lowest BCUT2D eigenvalue weighted by molar-refractivity contribution is 0.628. The van der Waals surface area contributed by atoms with Gasteiger partial charge in [0.15, 0.2) is 0 Å². The minimum absolute atomic E-state index is 0.0208. The highest BCUT2D eigenvalue weighted by molar-refractivity contribution is 6.31. The van der Waals surface area contributed by atoms with E-state index in [4.69, 9.17) is 28.9 Å². The number of nitrogens with zero attached hydrogens (tertiary/aromatic N) is 1. The van der Waals surface area contributed by atoms with E-state index in [1.54, 1.807) is 0 Å². The lowest BCUT2D eigenvalue weighted by atomic mass is 10.1. The molecule has 0 radical (unpaired) electrons. The smallest absolute Gasteiger partial charge is 0.143 e. The van der Waals surface area contributed by atoms with Crippen LogP contribution in [0.4, 0.5) is 15.8 Å². The van der Waals surface area contributed by atoms with Gasteiger partial charge in [-0.05, 0) is 24.6 Å². The van der Waals surface area contributed by atoms with E-state index in [1.165, 1.54) is 12.1 Å². The zero-order valence-electron chi connectivity index (χ0n) is 11.2. The molecule has 0 bridgehead atoms. The van der Waals surface area contributed by atoms with Crippen LogP contribution in [0.15, 0.2) is 36.4 Å². The number of rotatable bonds is 3. The highest BCUT2D eigenvalue weighted by Gasteiger charge is 2.18. The van der Waals surface area contributed by atoms with Crippen molar-refractivity contribution in [3.63, 3.8) is 0 Å². The second-order valence-corrected chi connectivity index (χ2v) is 5.45. The van der Waals surface area contributed by atoms with Crippen LogP contribution >= 0.6 is 23.2 Å². The molecule has 2 aromatic carbocycles. The van der Waals surface area contributed by atoms with Crippen LogP contribution in [0.25, 0.3) is 0 Å². The first-order valence-corrected chi connectivity index (χ1v) is 6.89. The van der Waals surface area contributed by atoms with Crippen LogP contribution < -0.4 is 10.6 Å². The number of hydrogen-bond donors (Lipinski definition) is 1. The molecule has 0 aliphatic heterocycles. The highest BCUT2D eigenvalue weighted by atomic mass is 35.5. The molecule has 20 heavy (non-hydrogen) atoms. The van der Waals surface area contributed by atoms with Gasteiger partial charge in [0, 0.05) is 18.1 Å². The Labute approximate surface area is 127 Å². The summed E-state index contributed by atoms with van der Waals surface area (Å²) in [4.78, 5) is 1.92. The van der Waals surface area contributed by atoms with Gasteiger partial charge in [-0.2, -0.15) is 0 Å². The molecule has 0 amide bonds. The molecule has 2 aromatic rings. The standard InChI is InChI=1S/C15H15Cl2FN2/c1-9(10-5-3-4-6-11(10)16)20(2)15-7-12(17)13(18)8-14(15)19/h3-9H,19H2,1-2H3. The van der Waals surface area contributed by atoms with Crippen LogP contribution in [0.1, 0.15) is 18.5 Å². The third kappa shape index (κ3) is 2.84. The van der Waals surface area contributed by atoms with Crippen molar-refractivity contribution in [3.05, 3.63) is 57.8 Å². The molecular formula is C15H15Cl2FN2. The summed E-state index contributed by atoms with van der Waals surface area (Å²) in [5.74, 6) is -0.522. The second-order valence-electron chi connectivity index (χ2n) is 4.63. The Morgan fingerprint density at radius 2 is 1.80 bits per heavy atom. The first-order chi connectivity index (χ1) is 9.41. The van der Waals surface area contributed by atoms with E-state index in [1.807, 2.05) is 43.1 Å². The van der Waals surface area contributed by atoms with Gasteiger partial charge in [-0.15, -0.1) is 0 Å². The summed E-state index contributed by atoms with van der Waals surface area (Å²) < 4.78 is 13.4. The molecule has 0 saturated heterocycles. The number of halogens is 3. The van der Waals surface area contributed by atoms with Gasteiger partial charge in [0.1, 0.15) is 5.82 Å². The number of hydrogen-bond acceptors (Lipinski definition) is 2. The third-order valence-electron chi connectivity index (χ3n) is 3.39. The van der Waals surface area contributed by atoms with Crippen molar-refractivity contribution in [1.82, 2.24) is 0 Å². The minimum atomic E-state index is -0.522. The largest absolute Gasteiger partial charge is 0.397 e. The third-order valence-corrected chi connectivity index (χ3v) is 4.02. The van der Waals surface area contributed by atoms with E-state index in [0.29, 0.717) is 16.4 Å². The molecule has 0 heterocycles. The summed E-state index contributed by atoms with van der Waals surface area (Å²) >= 11 is 12.0. The van der Waals surface area contributed by atoms with Gasteiger partial charge in [-0.25, -0.2) is 4.39 Å². The summed E-state index contributed by atoms with van der Waals surface area (Å²) in [6, 6.07) is 10.3. The van der Waals surface area contributed by atoms with Crippen LogP contribution in [0.2, 0.25) is 10.0 Å². The number of nitrogens with two attached hydrogens (primary N) is 1. The van der Waals surface area contributed by atoms with E-state index in [9.17, 15) is 4.39 Å². The van der Waals surface area contributed by atoms with Crippen LogP contribution in [-0.2, 0) is 0 Å². The van der Waals surface area contributed by atoms with E-state index in [0.717, 1.165) is 5.56 Å². The first-order valence-electron chi connectivity index (χ1n) is 6.13. The fourth-order valence-corrected chi connectivity index (χ4v) is 2.54. The van der Waals surface area contributed by atoms with Crippen molar-refractivity contribution < 1.29 is 4.39 Å². The molecule has 5 heteroatoms. The quantitative estimate of drug-likeness (QED) is 0.816. The van der Waals surface area contributed by atoms with Crippen LogP contribution in [0, 0.1) is 5.82 Å². The summed E-state index contributed by atoms with van der Waals surface area (Å²) in [5.41, 5.74) is 7.85. The van der Waals surface area contributed by atoms with Crippen molar-refractivity contribution in [2.24, 2.45) is 0 Å². The van der Waals surface area contributed by atoms with Crippen molar-refractivity contribution in [1.29, 1.82) is 0 Å². The Morgan fingerprint density at radius 3 is 2.45 bits per heavy atom. The van der Waals surface area contributed by atoms with Crippen LogP contribution in [0.5, 0.6) is 0 Å². The summed E-state index contributed by atoms with van der Waals surface area (Å²) in [7, 11) is 1.87. The summed E-state index contributed by atoms with van der Waals surface area (Å²) in [6.07, 6.45) is 0. The molecule has 0 fully saturated rings. The van der Waals surface area contributed by atoms with Gasteiger partial charge in [0.25, 0.3) is 0 Å². The molecule has 106 valence electrons. The molecule has 0 aliphatic carbocycles. The number of anilines is 2. The Balaban J connectivity index is 2.39. The monoisotopic (exact) mass is 312 g/mol. The lowest BCUT2D eigenvalue weighted by Gasteiger charge is -2.29. The fourth-order valence-electron chi connectivity index (χ4n) is 2.09. The molecular weight excluding hydrogens is 298 g/mol. The van der Waals surface area contributed by atoms with Gasteiger partial charge in [-0.1, -0.05) is 41.4 Å². The van der Waals surface area contributed by atoms with Crippen LogP contribution in [-0.4, -0.2) is 7.05 Å². The van der Waals surface area contributed by atoms with Crippen molar-refractivity contribution in [2.45, 2.75) is 13.0 Å². The maximum absolute atomic E-state index is 13.4. The van der Waals surface area contributed by atoms with Crippen molar-refractivity contribution in [2.75, 3.05) is 17.7 Å². The molecule has 0 aromatic heterocycles. The molecule has 0 spiro atoms. The van der Waals surface area contributed by atoms with E-state index >= 15 is 0 Å². The summed E-state index contributed by atoms with van der Waals surface area (Å²) in [5, 5.41) is 0.728. The lowest BCUT2D eigenvalue weighted by Crippen LogP contribution is -2.23. The minimum Gasteiger partial charge on any atom is -0.397 e. The Morgan fingerprint density at radius 1 is 1.15 bits per heavy atom. The Kier molecular flexibility index (Phi) is 4.41. The molecule has 2 N–H and O–H groups in total. The van der Waals surface area contributed by atoms with Crippen molar-refractivity contribution in [3.8, 4) is 0 Å². The average Bonchev–Trinajstić information content (AvgIpc) is 2.42. The molecule has 1 atom stereocenters. The Hall–Kier alpha value is -1.45. The second kappa shape index (κ2) is 5.90. The zero-order valence-corrected chi connectivity index (χ0v) is 12.7.